The van der Waals surface area contributed by atoms with Crippen LogP contribution in [0.2, 0.25) is 0 Å². The molecule has 0 aromatic carbocycles. The number of nitrogens with one attached hydrogen (secondary N) is 1. The lowest BCUT2D eigenvalue weighted by Gasteiger charge is -2.26. The van der Waals surface area contributed by atoms with Gasteiger partial charge in [-0.15, -0.1) is 0 Å². The molecule has 1 rings (SSSR count). The third-order valence-corrected chi connectivity index (χ3v) is 3.21. The Morgan fingerprint density at radius 3 is 2.50 bits per heavy atom. The molecule has 20 heavy (non-hydrogen) atoms. The normalized spacial score (nSPS) is 18.4. The Bertz CT molecular complexity index is 390. The van der Waals surface area contributed by atoms with Crippen LogP contribution in [0.3, 0.4) is 0 Å². The number of carbonyl (C=O) groups excluding carboxylic acids is 1. The lowest BCUT2D eigenvalue weighted by atomic mass is 9.98. The van der Waals surface area contributed by atoms with E-state index in [4.69, 9.17) is 10.4 Å². The highest BCUT2D eigenvalue weighted by molar-refractivity contribution is 5.79. The maximum atomic E-state index is 12.3. The van der Waals surface area contributed by atoms with Gasteiger partial charge in [-0.1, -0.05) is 0 Å². The van der Waals surface area contributed by atoms with E-state index in [0.29, 0.717) is 0 Å². The van der Waals surface area contributed by atoms with E-state index in [2.05, 4.69) is 5.32 Å². The number of halogens is 3. The molecule has 1 aliphatic carbocycles. The van der Waals surface area contributed by atoms with Crippen molar-refractivity contribution in [3.63, 3.8) is 0 Å². The lowest BCUT2D eigenvalue weighted by molar-refractivity contribution is -0.149. The topological polar surface area (TPSA) is 76.4 Å². The molecule has 0 bridgehead atoms. The molecular formula is C12H18F3N3O2. The van der Waals surface area contributed by atoms with E-state index in [1.165, 1.54) is 0 Å². The number of hydrogen-bond acceptors (Lipinski definition) is 4. The molecule has 1 amide bonds. The molecule has 0 radical (unpaired) electrons. The van der Waals surface area contributed by atoms with Crippen molar-refractivity contribution in [2.75, 3.05) is 26.2 Å². The zero-order valence-electron chi connectivity index (χ0n) is 11.2. The van der Waals surface area contributed by atoms with E-state index in [1.807, 2.05) is 6.07 Å². The van der Waals surface area contributed by atoms with Crippen molar-refractivity contribution in [1.29, 1.82) is 5.26 Å². The van der Waals surface area contributed by atoms with Gasteiger partial charge in [-0.25, -0.2) is 0 Å². The first-order valence-corrected chi connectivity index (χ1v) is 6.32. The number of alkyl halides is 3. The maximum Gasteiger partial charge on any atom is 0.401 e. The van der Waals surface area contributed by atoms with E-state index in [-0.39, 0.29) is 12.5 Å². The minimum absolute atomic E-state index is 0.0605. The highest BCUT2D eigenvalue weighted by Crippen LogP contribution is 2.39. The van der Waals surface area contributed by atoms with Crippen molar-refractivity contribution in [2.45, 2.75) is 31.5 Å². The van der Waals surface area contributed by atoms with E-state index in [9.17, 15) is 18.0 Å². The molecule has 1 aliphatic rings. The van der Waals surface area contributed by atoms with E-state index in [1.54, 1.807) is 6.92 Å². The Morgan fingerprint density at radius 2 is 2.10 bits per heavy atom. The summed E-state index contributed by atoms with van der Waals surface area (Å²) in [5.41, 5.74) is -1.03. The van der Waals surface area contributed by atoms with Crippen LogP contribution in [-0.4, -0.2) is 53.9 Å². The largest absolute Gasteiger partial charge is 0.401 e. The molecule has 1 atom stereocenters. The molecular weight excluding hydrogens is 275 g/mol. The Morgan fingerprint density at radius 1 is 1.50 bits per heavy atom. The number of nitrogens with zero attached hydrogens (tertiary/aromatic N) is 2. The number of hydrogen-bond donors (Lipinski definition) is 2. The quantitative estimate of drug-likeness (QED) is 0.722. The molecule has 1 unspecified atom stereocenters. The first-order chi connectivity index (χ1) is 9.20. The predicted molar refractivity (Wildman–Crippen MR) is 64.5 cm³/mol. The van der Waals surface area contributed by atoms with Crippen molar-refractivity contribution in [1.82, 2.24) is 10.2 Å². The number of aliphatic hydroxyl groups is 1. The summed E-state index contributed by atoms with van der Waals surface area (Å²) in [6.07, 6.45) is -2.79. The third-order valence-electron chi connectivity index (χ3n) is 3.21. The fourth-order valence-electron chi connectivity index (χ4n) is 2.02. The smallest absolute Gasteiger partial charge is 0.395 e. The third kappa shape index (κ3) is 5.35. The molecule has 0 aromatic rings. The summed E-state index contributed by atoms with van der Waals surface area (Å²) in [6.45, 7) is -0.915. The minimum Gasteiger partial charge on any atom is -0.395 e. The second-order valence-electron chi connectivity index (χ2n) is 5.19. The van der Waals surface area contributed by atoms with Crippen LogP contribution in [0.1, 0.15) is 19.8 Å². The van der Waals surface area contributed by atoms with Gasteiger partial charge in [0.15, 0.2) is 0 Å². The first-order valence-electron chi connectivity index (χ1n) is 6.32. The summed E-state index contributed by atoms with van der Waals surface area (Å²) < 4.78 is 36.9. The Hall–Kier alpha value is -1.33. The highest BCUT2D eigenvalue weighted by atomic mass is 19.4. The summed E-state index contributed by atoms with van der Waals surface area (Å²) in [4.78, 5) is 12.6. The highest BCUT2D eigenvalue weighted by Gasteiger charge is 2.43. The summed E-state index contributed by atoms with van der Waals surface area (Å²) in [5, 5.41) is 20.3. The van der Waals surface area contributed by atoms with Gasteiger partial charge < -0.3 is 10.4 Å². The van der Waals surface area contributed by atoms with Gasteiger partial charge in [-0.3, -0.25) is 9.69 Å². The summed E-state index contributed by atoms with van der Waals surface area (Å²) in [5.74, 6) is -0.580. The zero-order chi connectivity index (χ0) is 15.4. The molecule has 0 saturated heterocycles. The number of rotatable bonds is 7. The Balaban J connectivity index is 2.55. The fraction of sp³-hybridized carbons (Fsp3) is 0.833. The van der Waals surface area contributed by atoms with Crippen molar-refractivity contribution >= 4 is 5.91 Å². The first kappa shape index (κ1) is 16.7. The standard InChI is InChI=1S/C12H18F3N3O2/c1-11(7-16,9-2-3-9)17-10(20)6-18(4-5-19)8-12(13,14)15/h9,19H,2-6,8H2,1H3,(H,17,20). The maximum absolute atomic E-state index is 12.3. The average Bonchev–Trinajstić information content (AvgIpc) is 3.10. The van der Waals surface area contributed by atoms with E-state index in [0.717, 1.165) is 17.7 Å². The number of aliphatic hydroxyl groups excluding tert-OH is 1. The number of amides is 1. The second-order valence-corrected chi connectivity index (χ2v) is 5.19. The van der Waals surface area contributed by atoms with Crippen LogP contribution in [0.5, 0.6) is 0 Å². The molecule has 1 fully saturated rings. The molecule has 0 spiro atoms. The van der Waals surface area contributed by atoms with E-state index >= 15 is 0 Å². The van der Waals surface area contributed by atoms with Crippen LogP contribution >= 0.6 is 0 Å². The average molecular weight is 293 g/mol. The van der Waals surface area contributed by atoms with Gasteiger partial charge >= 0.3 is 6.18 Å². The van der Waals surface area contributed by atoms with E-state index < -0.39 is 37.3 Å². The molecule has 0 heterocycles. The van der Waals surface area contributed by atoms with Gasteiger partial charge in [0, 0.05) is 6.54 Å². The van der Waals surface area contributed by atoms with Crippen molar-refractivity contribution in [2.24, 2.45) is 5.92 Å². The van der Waals surface area contributed by atoms with Crippen molar-refractivity contribution in [3.05, 3.63) is 0 Å². The second kappa shape index (κ2) is 6.41. The minimum atomic E-state index is -4.44. The van der Waals surface area contributed by atoms with Crippen LogP contribution in [0, 0.1) is 17.2 Å². The van der Waals surface area contributed by atoms with Gasteiger partial charge in [0.05, 0.1) is 25.8 Å². The van der Waals surface area contributed by atoms with Gasteiger partial charge in [0.2, 0.25) is 5.91 Å². The summed E-state index contributed by atoms with van der Waals surface area (Å²) in [7, 11) is 0. The molecule has 0 aliphatic heterocycles. The lowest BCUT2D eigenvalue weighted by Crippen LogP contribution is -2.51. The Labute approximate surface area is 115 Å². The monoisotopic (exact) mass is 293 g/mol. The fourth-order valence-corrected chi connectivity index (χ4v) is 2.02. The summed E-state index contributed by atoms with van der Waals surface area (Å²) >= 11 is 0. The van der Waals surface area contributed by atoms with Crippen LogP contribution in [0.4, 0.5) is 13.2 Å². The van der Waals surface area contributed by atoms with Crippen molar-refractivity contribution < 1.29 is 23.1 Å². The molecule has 0 aromatic heterocycles. The SMILES string of the molecule is CC(C#N)(NC(=O)CN(CCO)CC(F)(F)F)C1CC1. The van der Waals surface area contributed by atoms with Crippen LogP contribution < -0.4 is 5.32 Å². The molecule has 2 N–H and O–H groups in total. The zero-order valence-corrected chi connectivity index (χ0v) is 11.2. The predicted octanol–water partition coefficient (Wildman–Crippen LogP) is 0.651. The van der Waals surface area contributed by atoms with Crippen molar-refractivity contribution in [3.8, 4) is 6.07 Å². The molecule has 5 nitrogen and oxygen atoms in total. The Kier molecular flexibility index (Phi) is 5.36. The molecule has 8 heteroatoms. The summed E-state index contributed by atoms with van der Waals surface area (Å²) in [6, 6.07) is 2.00. The van der Waals surface area contributed by atoms with Crippen LogP contribution in [0.25, 0.3) is 0 Å². The van der Waals surface area contributed by atoms with Crippen LogP contribution in [0.15, 0.2) is 0 Å². The van der Waals surface area contributed by atoms with Gasteiger partial charge in [-0.05, 0) is 25.7 Å². The molecule has 1 saturated carbocycles. The number of carbonyl (C=O) groups is 1. The van der Waals surface area contributed by atoms with Crippen LogP contribution in [-0.2, 0) is 4.79 Å². The van der Waals surface area contributed by atoms with Gasteiger partial charge in [0.25, 0.3) is 0 Å². The van der Waals surface area contributed by atoms with Gasteiger partial charge in [0.1, 0.15) is 5.54 Å². The molecule has 114 valence electrons. The van der Waals surface area contributed by atoms with Gasteiger partial charge in [-0.2, -0.15) is 18.4 Å². The number of nitriles is 1.